The largest absolute Gasteiger partial charge is 0.379 e. The molecule has 0 radical (unpaired) electrons. The summed E-state index contributed by atoms with van der Waals surface area (Å²) in [6.07, 6.45) is 2.39. The third-order valence-corrected chi connectivity index (χ3v) is 4.16. The van der Waals surface area contributed by atoms with Crippen LogP contribution >= 0.6 is 0 Å². The number of rotatable bonds is 2. The minimum Gasteiger partial charge on any atom is -0.379 e. The van der Waals surface area contributed by atoms with Crippen molar-refractivity contribution in [2.45, 2.75) is 19.4 Å². The zero-order chi connectivity index (χ0) is 16.0. The normalized spacial score (nSPS) is 17.9. The van der Waals surface area contributed by atoms with Gasteiger partial charge in [0.2, 0.25) is 5.95 Å². The van der Waals surface area contributed by atoms with Crippen molar-refractivity contribution in [3.05, 3.63) is 34.4 Å². The van der Waals surface area contributed by atoms with Gasteiger partial charge in [0.1, 0.15) is 5.65 Å². The van der Waals surface area contributed by atoms with Crippen LogP contribution < -0.4 is 11.3 Å². The molecular weight excluding hydrogens is 296 g/mol. The summed E-state index contributed by atoms with van der Waals surface area (Å²) in [7, 11) is 0. The second-order valence-electron chi connectivity index (χ2n) is 5.63. The number of nitrogen functional groups attached to an aromatic ring is 1. The molecule has 8 heteroatoms. The summed E-state index contributed by atoms with van der Waals surface area (Å²) >= 11 is 0. The molecule has 1 aliphatic heterocycles. The number of H-pyrrole nitrogens is 1. The highest BCUT2D eigenvalue weighted by molar-refractivity contribution is 5.83. The van der Waals surface area contributed by atoms with Crippen molar-refractivity contribution in [1.29, 1.82) is 0 Å². The maximum Gasteiger partial charge on any atom is 0.261 e. The van der Waals surface area contributed by atoms with Crippen LogP contribution in [0, 0.1) is 6.92 Å². The van der Waals surface area contributed by atoms with Crippen LogP contribution in [0.4, 0.5) is 5.95 Å². The molecule has 1 fully saturated rings. The van der Waals surface area contributed by atoms with E-state index in [1.807, 2.05) is 6.92 Å². The number of anilines is 1. The van der Waals surface area contributed by atoms with Crippen LogP contribution in [-0.2, 0) is 4.74 Å². The van der Waals surface area contributed by atoms with E-state index in [2.05, 4.69) is 20.2 Å². The Labute approximate surface area is 131 Å². The van der Waals surface area contributed by atoms with E-state index in [-0.39, 0.29) is 17.5 Å². The summed E-state index contributed by atoms with van der Waals surface area (Å²) in [5, 5.41) is 7.58. The molecule has 118 valence electrons. The van der Waals surface area contributed by atoms with Crippen molar-refractivity contribution in [3.63, 3.8) is 0 Å². The average molecular weight is 312 g/mol. The molecule has 1 aliphatic rings. The van der Waals surface area contributed by atoms with E-state index in [9.17, 15) is 4.79 Å². The summed E-state index contributed by atoms with van der Waals surface area (Å²) < 4.78 is 7.14. The lowest BCUT2D eigenvalue weighted by molar-refractivity contribution is 0.186. The monoisotopic (exact) mass is 312 g/mol. The fourth-order valence-electron chi connectivity index (χ4n) is 3.04. The van der Waals surface area contributed by atoms with Gasteiger partial charge < -0.3 is 10.5 Å². The quantitative estimate of drug-likeness (QED) is 0.731. The van der Waals surface area contributed by atoms with Crippen molar-refractivity contribution in [3.8, 4) is 11.3 Å². The lowest BCUT2D eigenvalue weighted by Crippen LogP contribution is -2.28. The molecule has 0 amide bonds. The molecule has 3 N–H and O–H groups in total. The molecule has 23 heavy (non-hydrogen) atoms. The van der Waals surface area contributed by atoms with Gasteiger partial charge in [0.05, 0.1) is 29.6 Å². The van der Waals surface area contributed by atoms with Gasteiger partial charge in [0.15, 0.2) is 0 Å². The lowest BCUT2D eigenvalue weighted by atomic mass is 10.1. The fourth-order valence-corrected chi connectivity index (χ4v) is 3.04. The van der Waals surface area contributed by atoms with Crippen molar-refractivity contribution in [2.75, 3.05) is 18.9 Å². The number of aromatic amines is 1. The average Bonchev–Trinajstić information content (AvgIpc) is 3.20. The highest BCUT2D eigenvalue weighted by Gasteiger charge is 2.24. The Balaban J connectivity index is 2.10. The van der Waals surface area contributed by atoms with Crippen LogP contribution in [-0.4, -0.2) is 37.9 Å². The van der Waals surface area contributed by atoms with Gasteiger partial charge in [-0.2, -0.15) is 10.1 Å². The molecule has 0 aliphatic carbocycles. The first-order chi connectivity index (χ1) is 11.1. The number of hydrogen-bond acceptors (Lipinski definition) is 6. The second-order valence-corrected chi connectivity index (χ2v) is 5.63. The molecule has 1 saturated heterocycles. The Morgan fingerprint density at radius 2 is 2.30 bits per heavy atom. The first-order valence-electron chi connectivity index (χ1n) is 7.42. The molecule has 8 nitrogen and oxygen atoms in total. The molecule has 4 rings (SSSR count). The number of fused-ring (bicyclic) bond motifs is 1. The second kappa shape index (κ2) is 5.17. The van der Waals surface area contributed by atoms with Gasteiger partial charge >= 0.3 is 0 Å². The number of aromatic nitrogens is 5. The van der Waals surface area contributed by atoms with Crippen LogP contribution in [0.2, 0.25) is 0 Å². The molecule has 3 aromatic rings. The van der Waals surface area contributed by atoms with E-state index in [4.69, 9.17) is 10.5 Å². The van der Waals surface area contributed by atoms with Gasteiger partial charge in [-0.1, -0.05) is 0 Å². The molecule has 0 spiro atoms. The number of nitrogens with one attached hydrogen (secondary N) is 1. The van der Waals surface area contributed by atoms with E-state index in [1.54, 1.807) is 22.9 Å². The zero-order valence-corrected chi connectivity index (χ0v) is 12.6. The molecular formula is C15H16N6O2. The summed E-state index contributed by atoms with van der Waals surface area (Å²) in [4.78, 5) is 21.6. The van der Waals surface area contributed by atoms with E-state index in [0.717, 1.165) is 17.5 Å². The smallest absolute Gasteiger partial charge is 0.261 e. The summed E-state index contributed by atoms with van der Waals surface area (Å²) in [5.41, 5.74) is 8.16. The molecule has 1 atom stereocenters. The maximum absolute atomic E-state index is 13.0. The van der Waals surface area contributed by atoms with Gasteiger partial charge in [0.25, 0.3) is 5.56 Å². The third kappa shape index (κ3) is 2.18. The highest BCUT2D eigenvalue weighted by Crippen LogP contribution is 2.26. The first-order valence-corrected chi connectivity index (χ1v) is 7.42. The number of nitrogens with two attached hydrogens (primary N) is 1. The van der Waals surface area contributed by atoms with Gasteiger partial charge in [-0.05, 0) is 25.5 Å². The maximum atomic E-state index is 13.0. The van der Waals surface area contributed by atoms with Gasteiger partial charge in [0, 0.05) is 18.2 Å². The SMILES string of the molecule is Cc1nc(N)nc2c1cc(-c1ccn[nH]1)c(=O)n2[C@H]1CCOC1. The third-order valence-electron chi connectivity index (χ3n) is 4.16. The minimum absolute atomic E-state index is 0.0541. The minimum atomic E-state index is -0.130. The van der Waals surface area contributed by atoms with Crippen molar-refractivity contribution in [1.82, 2.24) is 24.7 Å². The topological polar surface area (TPSA) is 112 Å². The standard InChI is InChI=1S/C15H16N6O2/c1-8-10-6-11(12-2-4-17-20-12)14(22)21(9-3-5-23-7-9)13(10)19-15(16)18-8/h2,4,6,9H,3,5,7H2,1H3,(H,17,20)(H2,16,18,19)/t9-/m0/s1. The van der Waals surface area contributed by atoms with Crippen LogP contribution in [0.5, 0.6) is 0 Å². The van der Waals surface area contributed by atoms with E-state index < -0.39 is 0 Å². The van der Waals surface area contributed by atoms with Crippen molar-refractivity contribution < 1.29 is 4.74 Å². The summed E-state index contributed by atoms with van der Waals surface area (Å²) in [5.74, 6) is 0.163. The van der Waals surface area contributed by atoms with Crippen LogP contribution in [0.25, 0.3) is 22.3 Å². The zero-order valence-electron chi connectivity index (χ0n) is 12.6. The Hall–Kier alpha value is -2.74. The van der Waals surface area contributed by atoms with E-state index in [0.29, 0.717) is 30.1 Å². The summed E-state index contributed by atoms with van der Waals surface area (Å²) in [6.45, 7) is 2.98. The predicted octanol–water partition coefficient (Wildman–Crippen LogP) is 1.03. The van der Waals surface area contributed by atoms with Crippen LogP contribution in [0.3, 0.4) is 0 Å². The number of pyridine rings is 1. The number of hydrogen-bond donors (Lipinski definition) is 2. The van der Waals surface area contributed by atoms with E-state index in [1.165, 1.54) is 0 Å². The van der Waals surface area contributed by atoms with Gasteiger partial charge in [-0.3, -0.25) is 14.5 Å². The van der Waals surface area contributed by atoms with Crippen molar-refractivity contribution in [2.24, 2.45) is 0 Å². The Bertz CT molecular complexity index is 925. The number of ether oxygens (including phenoxy) is 1. The molecule has 0 saturated carbocycles. The number of nitrogens with zero attached hydrogens (tertiary/aromatic N) is 4. The van der Waals surface area contributed by atoms with Crippen LogP contribution in [0.1, 0.15) is 18.2 Å². The predicted molar refractivity (Wildman–Crippen MR) is 85.0 cm³/mol. The van der Waals surface area contributed by atoms with Gasteiger partial charge in [-0.25, -0.2) is 4.98 Å². The van der Waals surface area contributed by atoms with E-state index >= 15 is 0 Å². The molecule has 0 bridgehead atoms. The first kappa shape index (κ1) is 13.9. The fraction of sp³-hybridized carbons (Fsp3) is 0.333. The molecule has 0 aromatic carbocycles. The summed E-state index contributed by atoms with van der Waals surface area (Å²) in [6, 6.07) is 3.51. The Kier molecular flexibility index (Phi) is 3.12. The molecule has 3 aromatic heterocycles. The van der Waals surface area contributed by atoms with Gasteiger partial charge in [-0.15, -0.1) is 0 Å². The Morgan fingerprint density at radius 1 is 1.43 bits per heavy atom. The molecule has 4 heterocycles. The Morgan fingerprint density at radius 3 is 3.00 bits per heavy atom. The lowest BCUT2D eigenvalue weighted by Gasteiger charge is -2.17. The number of aryl methyl sites for hydroxylation is 1. The van der Waals surface area contributed by atoms with Crippen molar-refractivity contribution >= 4 is 17.0 Å². The van der Waals surface area contributed by atoms with Crippen LogP contribution in [0.15, 0.2) is 23.1 Å². The molecule has 0 unspecified atom stereocenters. The highest BCUT2D eigenvalue weighted by atomic mass is 16.5.